The molecule has 0 atom stereocenters. The second-order valence-corrected chi connectivity index (χ2v) is 8.42. The third-order valence-corrected chi connectivity index (χ3v) is 6.15. The largest absolute Gasteiger partial charge is 0.467 e. The van der Waals surface area contributed by atoms with Gasteiger partial charge in [-0.3, -0.25) is 14.6 Å². The van der Waals surface area contributed by atoms with Crippen molar-refractivity contribution in [2.45, 2.75) is 19.1 Å². The third kappa shape index (κ3) is 5.27. The number of piperazine rings is 1. The van der Waals surface area contributed by atoms with Crippen LogP contribution in [0.25, 0.3) is 0 Å². The van der Waals surface area contributed by atoms with Crippen molar-refractivity contribution in [2.75, 3.05) is 26.2 Å². The monoisotopic (exact) mass is 456 g/mol. The summed E-state index contributed by atoms with van der Waals surface area (Å²) in [5.74, 6) is 0.975. The number of hydrogen-bond donors (Lipinski definition) is 1. The molecule has 1 aliphatic heterocycles. The maximum Gasteiger partial charge on any atom is 0.273 e. The maximum atomic E-state index is 12.3. The molecule has 0 unspecified atom stereocenters. The lowest BCUT2D eigenvalue weighted by Crippen LogP contribution is -2.47. The van der Waals surface area contributed by atoms with E-state index in [-0.39, 0.29) is 17.6 Å². The molecular formula is C27H28N4O3. The minimum absolute atomic E-state index is 0.232. The number of carbonyl (C=O) groups is 1. The molecule has 1 fully saturated rings. The van der Waals surface area contributed by atoms with E-state index in [4.69, 9.17) is 8.83 Å². The zero-order valence-corrected chi connectivity index (χ0v) is 19.0. The zero-order valence-electron chi connectivity index (χ0n) is 19.0. The number of nitrogens with zero attached hydrogens (tertiary/aromatic N) is 3. The van der Waals surface area contributed by atoms with Gasteiger partial charge in [-0.15, -0.1) is 0 Å². The van der Waals surface area contributed by atoms with Crippen molar-refractivity contribution in [1.82, 2.24) is 20.1 Å². The van der Waals surface area contributed by atoms with Crippen LogP contribution in [0.3, 0.4) is 0 Å². The smallest absolute Gasteiger partial charge is 0.273 e. The number of nitrogens with one attached hydrogen (secondary N) is 1. The second kappa shape index (κ2) is 10.5. The Morgan fingerprint density at radius 1 is 0.882 bits per heavy atom. The van der Waals surface area contributed by atoms with Crippen LogP contribution in [0.4, 0.5) is 0 Å². The number of aromatic nitrogens is 1. The first-order valence-corrected chi connectivity index (χ1v) is 11.6. The van der Waals surface area contributed by atoms with Gasteiger partial charge < -0.3 is 14.2 Å². The van der Waals surface area contributed by atoms with Crippen molar-refractivity contribution in [3.63, 3.8) is 0 Å². The van der Waals surface area contributed by atoms with E-state index < -0.39 is 0 Å². The van der Waals surface area contributed by atoms with Gasteiger partial charge in [-0.1, -0.05) is 60.7 Å². The van der Waals surface area contributed by atoms with Gasteiger partial charge in [0.2, 0.25) is 5.89 Å². The standard InChI is InChI=1S/C27H28N4O3/c32-27(28-18-23-12-7-17-33-23)24-20-34-25(29-24)19-30-13-15-31(16-14-30)26(21-8-3-1-4-9-21)22-10-5-2-6-11-22/h1-12,17,20,26H,13-16,18-19H2,(H,28,32). The molecule has 4 aromatic rings. The minimum Gasteiger partial charge on any atom is -0.467 e. The van der Waals surface area contributed by atoms with E-state index in [2.05, 4.69) is 80.8 Å². The fourth-order valence-electron chi connectivity index (χ4n) is 4.41. The highest BCUT2D eigenvalue weighted by Gasteiger charge is 2.27. The average molecular weight is 457 g/mol. The van der Waals surface area contributed by atoms with Crippen molar-refractivity contribution in [3.05, 3.63) is 114 Å². The summed E-state index contributed by atoms with van der Waals surface area (Å²) in [5.41, 5.74) is 2.90. The van der Waals surface area contributed by atoms with E-state index >= 15 is 0 Å². The van der Waals surface area contributed by atoms with Crippen LogP contribution in [0, 0.1) is 0 Å². The van der Waals surface area contributed by atoms with Crippen LogP contribution in [0.15, 0.2) is 94.2 Å². The number of rotatable bonds is 8. The lowest BCUT2D eigenvalue weighted by Gasteiger charge is -2.39. The Bertz CT molecular complexity index is 1130. The average Bonchev–Trinajstić information content (AvgIpc) is 3.58. The lowest BCUT2D eigenvalue weighted by molar-refractivity contribution is 0.0941. The molecule has 1 saturated heterocycles. The highest BCUT2D eigenvalue weighted by molar-refractivity contribution is 5.91. The summed E-state index contributed by atoms with van der Waals surface area (Å²) in [4.78, 5) is 21.6. The summed E-state index contributed by atoms with van der Waals surface area (Å²) in [6, 6.07) is 25.2. The van der Waals surface area contributed by atoms with Crippen LogP contribution in [-0.2, 0) is 13.1 Å². The van der Waals surface area contributed by atoms with E-state index in [0.717, 1.165) is 26.2 Å². The number of oxazole rings is 1. The van der Waals surface area contributed by atoms with E-state index in [1.54, 1.807) is 12.3 Å². The van der Waals surface area contributed by atoms with Gasteiger partial charge in [0.1, 0.15) is 12.0 Å². The summed E-state index contributed by atoms with van der Waals surface area (Å²) in [7, 11) is 0. The molecule has 174 valence electrons. The number of hydrogen-bond acceptors (Lipinski definition) is 6. The van der Waals surface area contributed by atoms with Crippen molar-refractivity contribution in [1.29, 1.82) is 0 Å². The Labute approximate surface area is 199 Å². The van der Waals surface area contributed by atoms with Crippen molar-refractivity contribution in [3.8, 4) is 0 Å². The van der Waals surface area contributed by atoms with Crippen LogP contribution in [0.5, 0.6) is 0 Å². The fourth-order valence-corrected chi connectivity index (χ4v) is 4.41. The Balaban J connectivity index is 1.18. The van der Waals surface area contributed by atoms with Gasteiger partial charge in [-0.25, -0.2) is 4.98 Å². The van der Waals surface area contributed by atoms with Crippen LogP contribution in [0.1, 0.15) is 39.3 Å². The predicted molar refractivity (Wildman–Crippen MR) is 128 cm³/mol. The fraction of sp³-hybridized carbons (Fsp3) is 0.259. The first kappa shape index (κ1) is 22.1. The van der Waals surface area contributed by atoms with Crippen LogP contribution in [-0.4, -0.2) is 46.9 Å². The van der Waals surface area contributed by atoms with Crippen LogP contribution >= 0.6 is 0 Å². The van der Waals surface area contributed by atoms with Gasteiger partial charge in [0.25, 0.3) is 5.91 Å². The van der Waals surface area contributed by atoms with E-state index in [9.17, 15) is 4.79 Å². The molecule has 1 aliphatic rings. The topological polar surface area (TPSA) is 74.8 Å². The highest BCUT2D eigenvalue weighted by Crippen LogP contribution is 2.29. The molecule has 34 heavy (non-hydrogen) atoms. The van der Waals surface area contributed by atoms with Gasteiger partial charge >= 0.3 is 0 Å². The zero-order chi connectivity index (χ0) is 23.2. The predicted octanol–water partition coefficient (Wildman–Crippen LogP) is 4.10. The van der Waals surface area contributed by atoms with Gasteiger partial charge in [0, 0.05) is 26.2 Å². The molecule has 0 aliphatic carbocycles. The molecule has 1 N–H and O–H groups in total. The quantitative estimate of drug-likeness (QED) is 0.430. The van der Waals surface area contributed by atoms with Gasteiger partial charge in [0.05, 0.1) is 25.4 Å². The first-order chi connectivity index (χ1) is 16.8. The van der Waals surface area contributed by atoms with Gasteiger partial charge in [0.15, 0.2) is 5.69 Å². The second-order valence-electron chi connectivity index (χ2n) is 8.42. The van der Waals surface area contributed by atoms with Crippen molar-refractivity contribution < 1.29 is 13.6 Å². The van der Waals surface area contributed by atoms with E-state index in [0.29, 0.717) is 24.7 Å². The molecular weight excluding hydrogens is 428 g/mol. The maximum absolute atomic E-state index is 12.3. The van der Waals surface area contributed by atoms with E-state index in [1.165, 1.54) is 17.4 Å². The Kier molecular flexibility index (Phi) is 6.84. The highest BCUT2D eigenvalue weighted by atomic mass is 16.3. The van der Waals surface area contributed by atoms with Crippen LogP contribution in [0.2, 0.25) is 0 Å². The number of amides is 1. The Hall–Kier alpha value is -3.68. The Morgan fingerprint density at radius 3 is 2.18 bits per heavy atom. The molecule has 0 spiro atoms. The molecule has 7 nitrogen and oxygen atoms in total. The first-order valence-electron chi connectivity index (χ1n) is 11.6. The summed E-state index contributed by atoms with van der Waals surface area (Å²) in [6.45, 7) is 4.58. The number of carbonyl (C=O) groups excluding carboxylic acids is 1. The van der Waals surface area contributed by atoms with E-state index in [1.807, 2.05) is 6.07 Å². The summed E-state index contributed by atoms with van der Waals surface area (Å²) in [6.07, 6.45) is 3.00. The normalized spacial score (nSPS) is 15.0. The number of benzene rings is 2. The van der Waals surface area contributed by atoms with Crippen molar-refractivity contribution >= 4 is 5.91 Å². The van der Waals surface area contributed by atoms with Crippen molar-refractivity contribution in [2.24, 2.45) is 0 Å². The summed E-state index contributed by atoms with van der Waals surface area (Å²) < 4.78 is 10.8. The molecule has 2 aromatic carbocycles. The molecule has 0 bridgehead atoms. The SMILES string of the molecule is O=C(NCc1ccco1)c1coc(CN2CCN(C(c3ccccc3)c3ccccc3)CC2)n1. The molecule has 5 rings (SSSR count). The third-order valence-electron chi connectivity index (χ3n) is 6.15. The molecule has 1 amide bonds. The van der Waals surface area contributed by atoms with Gasteiger partial charge in [-0.2, -0.15) is 0 Å². The minimum atomic E-state index is -0.273. The summed E-state index contributed by atoms with van der Waals surface area (Å²) >= 11 is 0. The molecule has 0 radical (unpaired) electrons. The summed E-state index contributed by atoms with van der Waals surface area (Å²) in [5, 5.41) is 2.79. The molecule has 0 saturated carbocycles. The molecule has 3 heterocycles. The Morgan fingerprint density at radius 2 is 1.56 bits per heavy atom. The van der Waals surface area contributed by atoms with Crippen LogP contribution < -0.4 is 5.32 Å². The molecule has 7 heteroatoms. The van der Waals surface area contributed by atoms with Gasteiger partial charge in [-0.05, 0) is 23.3 Å². The molecule has 2 aromatic heterocycles. The lowest BCUT2D eigenvalue weighted by atomic mass is 9.96. The number of furan rings is 1.